The molecule has 0 unspecified atom stereocenters. The Kier molecular flexibility index (Phi) is 3.19. The molecule has 1 rings (SSSR count). The number of halogens is 2. The van der Waals surface area contributed by atoms with Gasteiger partial charge in [0.2, 0.25) is 0 Å². The van der Waals surface area contributed by atoms with Gasteiger partial charge in [-0.3, -0.25) is 0 Å². The molecule has 0 aromatic heterocycles. The maximum Gasteiger partial charge on any atom is 0.188 e. The largest absolute Gasteiger partial charge is 0.464 e. The highest BCUT2D eigenvalue weighted by molar-refractivity contribution is 5.31. The Morgan fingerprint density at radius 2 is 2.00 bits per heavy atom. The fraction of sp³-hybridized carbons (Fsp3) is 0.333. The average molecular weight is 188 g/mol. The third-order valence-electron chi connectivity index (χ3n) is 1.62. The van der Waals surface area contributed by atoms with E-state index in [1.54, 1.807) is 0 Å². The third-order valence-corrected chi connectivity index (χ3v) is 1.62. The molecule has 0 N–H and O–H groups in total. The van der Waals surface area contributed by atoms with Crippen molar-refractivity contribution in [3.8, 4) is 5.75 Å². The lowest BCUT2D eigenvalue weighted by atomic mass is 10.2. The van der Waals surface area contributed by atoms with Gasteiger partial charge in [-0.25, -0.2) is 8.78 Å². The topological polar surface area (TPSA) is 18.5 Å². The molecule has 4 heteroatoms. The maximum absolute atomic E-state index is 13.2. The Morgan fingerprint density at radius 3 is 2.62 bits per heavy atom. The van der Waals surface area contributed by atoms with E-state index in [4.69, 9.17) is 4.74 Å². The molecule has 0 aliphatic carbocycles. The van der Waals surface area contributed by atoms with Crippen molar-refractivity contribution < 1.29 is 18.3 Å². The summed E-state index contributed by atoms with van der Waals surface area (Å²) in [4.78, 5) is 0. The zero-order chi connectivity index (χ0) is 9.84. The normalized spacial score (nSPS) is 10.2. The van der Waals surface area contributed by atoms with Crippen LogP contribution in [0.15, 0.2) is 12.1 Å². The standard InChI is InChI=1S/C9H10F2O2/c1-6-7(10)3-4-8(9(6)11)13-5-12-2/h3-4H,5H2,1-2H3. The van der Waals surface area contributed by atoms with Crippen LogP contribution in [0.4, 0.5) is 8.78 Å². The number of benzene rings is 1. The van der Waals surface area contributed by atoms with Gasteiger partial charge in [-0.1, -0.05) is 0 Å². The van der Waals surface area contributed by atoms with E-state index in [1.807, 2.05) is 0 Å². The first kappa shape index (κ1) is 9.92. The summed E-state index contributed by atoms with van der Waals surface area (Å²) in [5.41, 5.74) is -0.0476. The molecular weight excluding hydrogens is 178 g/mol. The van der Waals surface area contributed by atoms with E-state index in [2.05, 4.69) is 4.74 Å². The Balaban J connectivity index is 2.90. The van der Waals surface area contributed by atoms with Gasteiger partial charge in [-0.05, 0) is 19.1 Å². The molecule has 2 nitrogen and oxygen atoms in total. The van der Waals surface area contributed by atoms with Crippen LogP contribution in [0.2, 0.25) is 0 Å². The fourth-order valence-electron chi connectivity index (χ4n) is 0.871. The number of hydrogen-bond acceptors (Lipinski definition) is 2. The quantitative estimate of drug-likeness (QED) is 0.677. The Morgan fingerprint density at radius 1 is 1.31 bits per heavy atom. The first-order chi connectivity index (χ1) is 6.16. The van der Waals surface area contributed by atoms with Gasteiger partial charge >= 0.3 is 0 Å². The van der Waals surface area contributed by atoms with Crippen LogP contribution in [-0.2, 0) is 4.74 Å². The van der Waals surface area contributed by atoms with Crippen LogP contribution in [-0.4, -0.2) is 13.9 Å². The summed E-state index contributed by atoms with van der Waals surface area (Å²) in [6, 6.07) is 2.39. The highest BCUT2D eigenvalue weighted by atomic mass is 19.1. The molecule has 0 spiro atoms. The van der Waals surface area contributed by atoms with E-state index < -0.39 is 11.6 Å². The molecule has 0 radical (unpaired) electrons. The van der Waals surface area contributed by atoms with Gasteiger partial charge in [-0.2, -0.15) is 0 Å². The van der Waals surface area contributed by atoms with Crippen molar-refractivity contribution in [2.75, 3.05) is 13.9 Å². The zero-order valence-electron chi connectivity index (χ0n) is 7.43. The first-order valence-corrected chi connectivity index (χ1v) is 3.73. The number of methoxy groups -OCH3 is 1. The minimum atomic E-state index is -0.683. The highest BCUT2D eigenvalue weighted by Gasteiger charge is 2.10. The Bertz CT molecular complexity index is 300. The van der Waals surface area contributed by atoms with E-state index >= 15 is 0 Å². The maximum atomic E-state index is 13.2. The first-order valence-electron chi connectivity index (χ1n) is 3.73. The number of hydrogen-bond donors (Lipinski definition) is 0. The third kappa shape index (κ3) is 2.15. The minimum Gasteiger partial charge on any atom is -0.464 e. The number of ether oxygens (including phenoxy) is 2. The van der Waals surface area contributed by atoms with Gasteiger partial charge in [0.05, 0.1) is 0 Å². The summed E-state index contributed by atoms with van der Waals surface area (Å²) in [7, 11) is 1.42. The summed E-state index contributed by atoms with van der Waals surface area (Å²) in [6.45, 7) is 1.30. The van der Waals surface area contributed by atoms with Crippen molar-refractivity contribution in [3.63, 3.8) is 0 Å². The second-order valence-corrected chi connectivity index (χ2v) is 2.54. The van der Waals surface area contributed by atoms with Gasteiger partial charge in [0.1, 0.15) is 5.82 Å². The van der Waals surface area contributed by atoms with Gasteiger partial charge in [-0.15, -0.1) is 0 Å². The van der Waals surface area contributed by atoms with E-state index in [0.29, 0.717) is 0 Å². The average Bonchev–Trinajstić information content (AvgIpc) is 2.13. The van der Waals surface area contributed by atoms with Gasteiger partial charge < -0.3 is 9.47 Å². The molecule has 0 saturated heterocycles. The van der Waals surface area contributed by atoms with Crippen LogP contribution in [0.1, 0.15) is 5.56 Å². The highest BCUT2D eigenvalue weighted by Crippen LogP contribution is 2.22. The number of rotatable bonds is 3. The molecule has 0 fully saturated rings. The molecule has 0 saturated carbocycles. The van der Waals surface area contributed by atoms with Crippen molar-refractivity contribution in [2.24, 2.45) is 0 Å². The van der Waals surface area contributed by atoms with Gasteiger partial charge in [0, 0.05) is 12.7 Å². The lowest BCUT2D eigenvalue weighted by Crippen LogP contribution is -2.02. The molecule has 0 amide bonds. The molecule has 0 heterocycles. The summed E-state index contributed by atoms with van der Waals surface area (Å²) < 4.78 is 35.4. The van der Waals surface area contributed by atoms with Crippen molar-refractivity contribution in [2.45, 2.75) is 6.92 Å². The van der Waals surface area contributed by atoms with Crippen LogP contribution >= 0.6 is 0 Å². The smallest absolute Gasteiger partial charge is 0.188 e. The molecular formula is C9H10F2O2. The van der Waals surface area contributed by atoms with Crippen molar-refractivity contribution >= 4 is 0 Å². The monoisotopic (exact) mass is 188 g/mol. The predicted octanol–water partition coefficient (Wildman–Crippen LogP) is 2.26. The predicted molar refractivity (Wildman–Crippen MR) is 43.6 cm³/mol. The molecule has 0 aliphatic rings. The van der Waals surface area contributed by atoms with Crippen LogP contribution in [0.5, 0.6) is 5.75 Å². The van der Waals surface area contributed by atoms with Crippen molar-refractivity contribution in [3.05, 3.63) is 29.3 Å². The molecule has 13 heavy (non-hydrogen) atoms. The van der Waals surface area contributed by atoms with E-state index in [9.17, 15) is 8.78 Å². The molecule has 1 aromatic rings. The zero-order valence-corrected chi connectivity index (χ0v) is 7.43. The minimum absolute atomic E-state index is 0.000694. The van der Waals surface area contributed by atoms with Crippen molar-refractivity contribution in [1.29, 1.82) is 0 Å². The van der Waals surface area contributed by atoms with E-state index in [0.717, 1.165) is 6.07 Å². The Labute approximate surface area is 75.1 Å². The summed E-state index contributed by atoms with van der Waals surface area (Å²) in [5, 5.41) is 0. The molecule has 0 atom stereocenters. The second-order valence-electron chi connectivity index (χ2n) is 2.54. The fourth-order valence-corrected chi connectivity index (χ4v) is 0.871. The van der Waals surface area contributed by atoms with Crippen LogP contribution in [0, 0.1) is 18.6 Å². The molecule has 0 bridgehead atoms. The SMILES string of the molecule is COCOc1ccc(F)c(C)c1F. The van der Waals surface area contributed by atoms with Crippen LogP contribution < -0.4 is 4.74 Å². The molecule has 72 valence electrons. The second kappa shape index (κ2) is 4.18. The summed E-state index contributed by atoms with van der Waals surface area (Å²) in [6.07, 6.45) is 0. The molecule has 1 aromatic carbocycles. The summed E-state index contributed by atoms with van der Waals surface area (Å²) >= 11 is 0. The van der Waals surface area contributed by atoms with E-state index in [-0.39, 0.29) is 18.1 Å². The van der Waals surface area contributed by atoms with Gasteiger partial charge in [0.25, 0.3) is 0 Å². The van der Waals surface area contributed by atoms with Crippen LogP contribution in [0.3, 0.4) is 0 Å². The van der Waals surface area contributed by atoms with E-state index in [1.165, 1.54) is 20.1 Å². The van der Waals surface area contributed by atoms with Gasteiger partial charge in [0.15, 0.2) is 18.4 Å². The lowest BCUT2D eigenvalue weighted by Gasteiger charge is -2.07. The Hall–Kier alpha value is -1.16. The van der Waals surface area contributed by atoms with Crippen LogP contribution in [0.25, 0.3) is 0 Å². The van der Waals surface area contributed by atoms with Crippen molar-refractivity contribution in [1.82, 2.24) is 0 Å². The lowest BCUT2D eigenvalue weighted by molar-refractivity contribution is 0.0481. The summed E-state index contributed by atoms with van der Waals surface area (Å²) in [5.74, 6) is -1.26. The molecule has 0 aliphatic heterocycles.